The number of hydrogen-bond acceptors (Lipinski definition) is 5. The van der Waals surface area contributed by atoms with E-state index in [4.69, 9.17) is 9.52 Å². The van der Waals surface area contributed by atoms with Crippen molar-refractivity contribution in [3.63, 3.8) is 0 Å². The van der Waals surface area contributed by atoms with Gasteiger partial charge in [0.15, 0.2) is 0 Å². The number of halogens is 1. The Morgan fingerprint density at radius 3 is 2.79 bits per heavy atom. The van der Waals surface area contributed by atoms with Crippen molar-refractivity contribution in [1.82, 2.24) is 4.72 Å². The molecule has 2 N–H and O–H groups in total. The number of nitrogens with one attached hydrogen (secondary N) is 1. The minimum absolute atomic E-state index is 0.0595. The molecule has 19 heavy (non-hydrogen) atoms. The number of aryl methyl sites for hydroxylation is 1. The van der Waals surface area contributed by atoms with Gasteiger partial charge < -0.3 is 9.52 Å². The summed E-state index contributed by atoms with van der Waals surface area (Å²) in [6.07, 6.45) is 0. The van der Waals surface area contributed by atoms with Crippen LogP contribution in [0, 0.1) is 6.92 Å². The lowest BCUT2D eigenvalue weighted by atomic mass is 10.4. The Bertz CT molecular complexity index is 675. The molecule has 0 aromatic carbocycles. The number of furan rings is 1. The minimum Gasteiger partial charge on any atom is -0.462 e. The second-order valence-electron chi connectivity index (χ2n) is 3.81. The van der Waals surface area contributed by atoms with E-state index < -0.39 is 10.0 Å². The van der Waals surface area contributed by atoms with Gasteiger partial charge in [0.1, 0.15) is 23.0 Å². The number of thiophene rings is 1. The van der Waals surface area contributed by atoms with Gasteiger partial charge >= 0.3 is 0 Å². The summed E-state index contributed by atoms with van der Waals surface area (Å²) < 4.78 is 32.8. The highest BCUT2D eigenvalue weighted by Gasteiger charge is 2.21. The first kappa shape index (κ1) is 14.7. The van der Waals surface area contributed by atoms with Crippen LogP contribution in [0.25, 0.3) is 0 Å². The second-order valence-corrected chi connectivity index (χ2v) is 7.40. The van der Waals surface area contributed by atoms with E-state index in [0.29, 0.717) is 0 Å². The quantitative estimate of drug-likeness (QED) is 0.852. The van der Waals surface area contributed by atoms with Crippen LogP contribution in [0.5, 0.6) is 0 Å². The van der Waals surface area contributed by atoms with Crippen molar-refractivity contribution in [2.24, 2.45) is 0 Å². The molecule has 8 heteroatoms. The molecule has 0 aliphatic carbocycles. The molecule has 0 spiro atoms. The van der Waals surface area contributed by atoms with E-state index in [1.807, 2.05) is 11.4 Å². The fraction of sp³-hybridized carbons (Fsp3) is 0.273. The summed E-state index contributed by atoms with van der Waals surface area (Å²) in [6.45, 7) is 1.43. The van der Waals surface area contributed by atoms with Crippen LogP contribution in [0.15, 0.2) is 31.3 Å². The molecule has 0 saturated heterocycles. The zero-order chi connectivity index (χ0) is 14.0. The average Bonchev–Trinajstić information content (AvgIpc) is 2.93. The van der Waals surface area contributed by atoms with Gasteiger partial charge in [0, 0.05) is 22.0 Å². The van der Waals surface area contributed by atoms with Crippen LogP contribution in [0.4, 0.5) is 0 Å². The van der Waals surface area contributed by atoms with E-state index in [1.165, 1.54) is 17.4 Å². The molecular formula is C11H12BrNO4S2. The monoisotopic (exact) mass is 365 g/mol. The first-order valence-electron chi connectivity index (χ1n) is 5.35. The summed E-state index contributed by atoms with van der Waals surface area (Å²) in [5.41, 5.74) is 0. The average molecular weight is 366 g/mol. The Kier molecular flexibility index (Phi) is 4.46. The lowest BCUT2D eigenvalue weighted by molar-refractivity contribution is 0.244. The predicted molar refractivity (Wildman–Crippen MR) is 75.4 cm³/mol. The number of aliphatic hydroxyl groups is 1. The number of sulfonamides is 1. The summed E-state index contributed by atoms with van der Waals surface area (Å²) >= 11 is 4.81. The van der Waals surface area contributed by atoms with Crippen LogP contribution < -0.4 is 4.72 Å². The zero-order valence-electron chi connectivity index (χ0n) is 10.0. The van der Waals surface area contributed by atoms with Crippen molar-refractivity contribution in [3.8, 4) is 0 Å². The van der Waals surface area contributed by atoms with Crippen molar-refractivity contribution in [3.05, 3.63) is 38.4 Å². The number of aliphatic hydroxyl groups excluding tert-OH is 1. The molecule has 104 valence electrons. The van der Waals surface area contributed by atoms with E-state index in [1.54, 1.807) is 6.92 Å². The highest BCUT2D eigenvalue weighted by atomic mass is 79.9. The van der Waals surface area contributed by atoms with Gasteiger partial charge in [-0.15, -0.1) is 11.3 Å². The minimum atomic E-state index is -3.64. The lowest BCUT2D eigenvalue weighted by Crippen LogP contribution is -2.23. The molecule has 0 saturated carbocycles. The van der Waals surface area contributed by atoms with Gasteiger partial charge in [0.2, 0.25) is 10.0 Å². The molecule has 0 radical (unpaired) electrons. The first-order chi connectivity index (χ1) is 8.94. The topological polar surface area (TPSA) is 79.5 Å². The van der Waals surface area contributed by atoms with E-state index >= 15 is 0 Å². The highest BCUT2D eigenvalue weighted by molar-refractivity contribution is 9.10. The third-order valence-electron chi connectivity index (χ3n) is 2.48. The molecule has 0 aliphatic rings. The molecule has 0 bridgehead atoms. The van der Waals surface area contributed by atoms with Gasteiger partial charge in [-0.3, -0.25) is 0 Å². The van der Waals surface area contributed by atoms with E-state index in [9.17, 15) is 8.42 Å². The Morgan fingerprint density at radius 2 is 2.26 bits per heavy atom. The third-order valence-corrected chi connectivity index (χ3v) is 5.92. The Labute approximate surface area is 123 Å². The summed E-state index contributed by atoms with van der Waals surface area (Å²) in [7, 11) is -3.64. The van der Waals surface area contributed by atoms with E-state index in [0.717, 1.165) is 9.35 Å². The van der Waals surface area contributed by atoms with Crippen molar-refractivity contribution in [2.75, 3.05) is 0 Å². The second kappa shape index (κ2) is 5.76. The van der Waals surface area contributed by atoms with Crippen LogP contribution in [-0.4, -0.2) is 13.5 Å². The van der Waals surface area contributed by atoms with Crippen LogP contribution >= 0.6 is 27.3 Å². The van der Waals surface area contributed by atoms with Crippen LogP contribution in [0.3, 0.4) is 0 Å². The highest BCUT2D eigenvalue weighted by Crippen LogP contribution is 2.24. The summed E-state index contributed by atoms with van der Waals surface area (Å²) in [5.74, 6) is 0.497. The van der Waals surface area contributed by atoms with Crippen molar-refractivity contribution in [2.45, 2.75) is 25.0 Å². The summed E-state index contributed by atoms with van der Waals surface area (Å²) in [5, 5.41) is 10.8. The maximum Gasteiger partial charge on any atom is 0.244 e. The molecule has 0 amide bonds. The molecule has 2 heterocycles. The van der Waals surface area contributed by atoms with Gasteiger partial charge in [-0.1, -0.05) is 0 Å². The van der Waals surface area contributed by atoms with Crippen LogP contribution in [0.1, 0.15) is 16.4 Å². The van der Waals surface area contributed by atoms with Gasteiger partial charge in [-0.25, -0.2) is 13.1 Å². The molecule has 5 nitrogen and oxygen atoms in total. The van der Waals surface area contributed by atoms with Gasteiger partial charge in [-0.2, -0.15) is 0 Å². The molecule has 0 atom stereocenters. The van der Waals surface area contributed by atoms with Crippen LogP contribution in [0.2, 0.25) is 0 Å². The first-order valence-corrected chi connectivity index (χ1v) is 8.51. The third kappa shape index (κ3) is 3.26. The molecule has 2 aromatic heterocycles. The Balaban J connectivity index is 2.18. The fourth-order valence-electron chi connectivity index (χ4n) is 1.56. The molecule has 0 aliphatic heterocycles. The summed E-state index contributed by atoms with van der Waals surface area (Å²) in [6, 6.07) is 3.20. The largest absolute Gasteiger partial charge is 0.462 e. The summed E-state index contributed by atoms with van der Waals surface area (Å²) in [4.78, 5) is 0.955. The lowest BCUT2D eigenvalue weighted by Gasteiger charge is -2.04. The Hall–Kier alpha value is -0.670. The van der Waals surface area contributed by atoms with Gasteiger partial charge in [-0.05, 0) is 34.3 Å². The maximum absolute atomic E-state index is 12.1. The van der Waals surface area contributed by atoms with Crippen molar-refractivity contribution in [1.29, 1.82) is 0 Å². The Morgan fingerprint density at radius 1 is 1.53 bits per heavy atom. The van der Waals surface area contributed by atoms with E-state index in [-0.39, 0.29) is 29.6 Å². The standard InChI is InChI=1S/C11H12BrNO4S2/c1-7-11(4-8(6-14)17-7)19(15,16)13-5-10-9(12)2-3-18-10/h2-4,13-14H,5-6H2,1H3. The molecular weight excluding hydrogens is 354 g/mol. The van der Waals surface area contributed by atoms with E-state index in [2.05, 4.69) is 20.7 Å². The van der Waals surface area contributed by atoms with Crippen molar-refractivity contribution >= 4 is 37.3 Å². The van der Waals surface area contributed by atoms with Gasteiger partial charge in [0.25, 0.3) is 0 Å². The predicted octanol–water partition coefficient (Wildman–Crippen LogP) is 2.38. The van der Waals surface area contributed by atoms with Crippen molar-refractivity contribution < 1.29 is 17.9 Å². The fourth-order valence-corrected chi connectivity index (χ4v) is 4.28. The SMILES string of the molecule is Cc1oc(CO)cc1S(=O)(=O)NCc1sccc1Br. The molecule has 2 rings (SSSR count). The maximum atomic E-state index is 12.1. The normalized spacial score (nSPS) is 11.9. The number of rotatable bonds is 5. The van der Waals surface area contributed by atoms with Crippen LogP contribution in [-0.2, 0) is 23.2 Å². The number of hydrogen-bond donors (Lipinski definition) is 2. The zero-order valence-corrected chi connectivity index (χ0v) is 13.2. The van der Waals surface area contributed by atoms with Gasteiger partial charge in [0.05, 0.1) is 0 Å². The smallest absolute Gasteiger partial charge is 0.244 e. The molecule has 0 fully saturated rings. The molecule has 2 aromatic rings. The molecule has 0 unspecified atom stereocenters.